The van der Waals surface area contributed by atoms with Gasteiger partial charge in [0.05, 0.1) is 10.9 Å². The van der Waals surface area contributed by atoms with Crippen molar-refractivity contribution in [2.45, 2.75) is 26.2 Å². The number of benzene rings is 1. The fraction of sp³-hybridized carbons (Fsp3) is 0.308. The molecule has 0 aliphatic heterocycles. The first-order valence-corrected chi connectivity index (χ1v) is 5.32. The zero-order valence-corrected chi connectivity index (χ0v) is 9.90. The highest BCUT2D eigenvalue weighted by Gasteiger charge is 2.18. The van der Waals surface area contributed by atoms with E-state index in [9.17, 15) is 13.6 Å². The van der Waals surface area contributed by atoms with Crippen molar-refractivity contribution in [1.82, 2.24) is 4.98 Å². The van der Waals surface area contributed by atoms with Crippen LogP contribution in [0.1, 0.15) is 26.5 Å². The number of pyridine rings is 1. The summed E-state index contributed by atoms with van der Waals surface area (Å²) in [6, 6.07) is 3.30. The number of halogens is 2. The fourth-order valence-corrected chi connectivity index (χ4v) is 1.69. The zero-order valence-electron chi connectivity index (χ0n) is 9.90. The number of aromatic nitrogens is 1. The maximum Gasteiger partial charge on any atom is 0.192 e. The van der Waals surface area contributed by atoms with Crippen LogP contribution >= 0.6 is 0 Å². The van der Waals surface area contributed by atoms with Crippen molar-refractivity contribution >= 4 is 10.9 Å². The highest BCUT2D eigenvalue weighted by atomic mass is 19.1. The van der Waals surface area contributed by atoms with Crippen molar-refractivity contribution in [3.8, 4) is 0 Å². The summed E-state index contributed by atoms with van der Waals surface area (Å²) in [5.41, 5.74) is -0.311. The van der Waals surface area contributed by atoms with Crippen LogP contribution in [0.15, 0.2) is 23.0 Å². The molecule has 2 rings (SSSR count). The number of H-pyrrole nitrogens is 1. The van der Waals surface area contributed by atoms with Crippen molar-refractivity contribution in [3.05, 3.63) is 45.8 Å². The Labute approximate surface area is 97.3 Å². The Hall–Kier alpha value is -1.71. The lowest BCUT2D eigenvalue weighted by atomic mass is 9.91. The predicted molar refractivity (Wildman–Crippen MR) is 63.2 cm³/mol. The molecular weight excluding hydrogens is 224 g/mol. The summed E-state index contributed by atoms with van der Waals surface area (Å²) in [5, 5.41) is -0.224. The van der Waals surface area contributed by atoms with Gasteiger partial charge in [0.15, 0.2) is 5.43 Å². The average Bonchev–Trinajstić information content (AvgIpc) is 2.21. The Morgan fingerprint density at radius 1 is 1.12 bits per heavy atom. The molecule has 0 saturated heterocycles. The van der Waals surface area contributed by atoms with Crippen LogP contribution in [0.2, 0.25) is 0 Å². The van der Waals surface area contributed by atoms with Crippen molar-refractivity contribution < 1.29 is 8.78 Å². The molecule has 0 aliphatic rings. The van der Waals surface area contributed by atoms with Crippen molar-refractivity contribution in [3.63, 3.8) is 0 Å². The third-order valence-electron chi connectivity index (χ3n) is 2.69. The number of rotatable bonds is 0. The van der Waals surface area contributed by atoms with E-state index < -0.39 is 17.1 Å². The molecule has 1 heterocycles. The Kier molecular flexibility index (Phi) is 2.53. The van der Waals surface area contributed by atoms with E-state index in [0.717, 1.165) is 12.1 Å². The molecule has 2 aromatic rings. The quantitative estimate of drug-likeness (QED) is 0.750. The molecule has 0 atom stereocenters. The van der Waals surface area contributed by atoms with Gasteiger partial charge >= 0.3 is 0 Å². The molecule has 0 spiro atoms. The first-order valence-electron chi connectivity index (χ1n) is 5.32. The fourth-order valence-electron chi connectivity index (χ4n) is 1.69. The van der Waals surface area contributed by atoms with Crippen molar-refractivity contribution in [2.24, 2.45) is 0 Å². The second kappa shape index (κ2) is 3.65. The first-order chi connectivity index (χ1) is 7.80. The van der Waals surface area contributed by atoms with Gasteiger partial charge in [-0.2, -0.15) is 0 Å². The number of fused-ring (bicyclic) bond motifs is 1. The molecular formula is C13H13F2NO. The van der Waals surface area contributed by atoms with E-state index in [1.54, 1.807) is 0 Å². The second-order valence-corrected chi connectivity index (χ2v) is 5.08. The van der Waals surface area contributed by atoms with Crippen LogP contribution in [0, 0.1) is 11.6 Å². The van der Waals surface area contributed by atoms with Crippen LogP contribution in [0.5, 0.6) is 0 Å². The third kappa shape index (κ3) is 1.95. The van der Waals surface area contributed by atoms with Crippen LogP contribution in [0.25, 0.3) is 10.9 Å². The molecule has 1 aromatic heterocycles. The van der Waals surface area contributed by atoms with E-state index in [2.05, 4.69) is 4.98 Å². The minimum atomic E-state index is -0.705. The van der Waals surface area contributed by atoms with Gasteiger partial charge in [0, 0.05) is 17.2 Å². The molecule has 90 valence electrons. The summed E-state index contributed by atoms with van der Waals surface area (Å²) in [6.07, 6.45) is 0. The summed E-state index contributed by atoms with van der Waals surface area (Å²) in [4.78, 5) is 14.6. The van der Waals surface area contributed by atoms with E-state index in [1.165, 1.54) is 6.07 Å². The Morgan fingerprint density at radius 3 is 2.29 bits per heavy atom. The van der Waals surface area contributed by atoms with Gasteiger partial charge in [-0.15, -0.1) is 0 Å². The summed E-state index contributed by atoms with van der Waals surface area (Å²) < 4.78 is 27.0. The molecule has 0 fully saturated rings. The maximum atomic E-state index is 13.6. The first kappa shape index (κ1) is 11.8. The van der Waals surface area contributed by atoms with Crippen LogP contribution in [0.3, 0.4) is 0 Å². The van der Waals surface area contributed by atoms with Crippen LogP contribution in [-0.4, -0.2) is 4.98 Å². The Balaban J connectivity index is 2.92. The molecule has 2 nitrogen and oxygen atoms in total. The topological polar surface area (TPSA) is 32.9 Å². The van der Waals surface area contributed by atoms with E-state index in [-0.39, 0.29) is 16.3 Å². The molecule has 1 aromatic carbocycles. The molecule has 0 aliphatic carbocycles. The van der Waals surface area contributed by atoms with E-state index >= 15 is 0 Å². The normalized spacial score (nSPS) is 12.1. The lowest BCUT2D eigenvalue weighted by molar-refractivity contribution is 0.566. The minimum Gasteiger partial charge on any atom is -0.355 e. The number of nitrogens with one attached hydrogen (secondary N) is 1. The van der Waals surface area contributed by atoms with Crippen LogP contribution in [-0.2, 0) is 5.41 Å². The highest BCUT2D eigenvalue weighted by Crippen LogP contribution is 2.23. The predicted octanol–water partition coefficient (Wildman–Crippen LogP) is 3.10. The monoisotopic (exact) mass is 237 g/mol. The second-order valence-electron chi connectivity index (χ2n) is 5.08. The standard InChI is InChI=1S/C13H13F2NO/c1-13(2,3)10-6-9(17)11-7(14)4-5-8(15)12(11)16-10/h4-6H,1-3H3,(H,16,17). The Bertz CT molecular complexity index is 638. The van der Waals surface area contributed by atoms with Crippen LogP contribution < -0.4 is 5.43 Å². The Morgan fingerprint density at radius 2 is 1.71 bits per heavy atom. The molecule has 0 bridgehead atoms. The van der Waals surface area contributed by atoms with Gasteiger partial charge in [-0.3, -0.25) is 4.79 Å². The van der Waals surface area contributed by atoms with E-state index in [1.807, 2.05) is 20.8 Å². The highest BCUT2D eigenvalue weighted by molar-refractivity contribution is 5.79. The van der Waals surface area contributed by atoms with Crippen molar-refractivity contribution in [1.29, 1.82) is 0 Å². The molecule has 0 amide bonds. The molecule has 0 radical (unpaired) electrons. The average molecular weight is 237 g/mol. The summed E-state index contributed by atoms with van der Waals surface area (Å²) >= 11 is 0. The van der Waals surface area contributed by atoms with Crippen LogP contribution in [0.4, 0.5) is 8.78 Å². The largest absolute Gasteiger partial charge is 0.355 e. The molecule has 1 N–H and O–H groups in total. The molecule has 0 unspecified atom stereocenters. The van der Waals surface area contributed by atoms with Gasteiger partial charge in [0.25, 0.3) is 0 Å². The molecule has 4 heteroatoms. The SMILES string of the molecule is CC(C)(C)c1cc(=O)c2c(F)ccc(F)c2[nH]1. The van der Waals surface area contributed by atoms with Gasteiger partial charge in [-0.25, -0.2) is 8.78 Å². The molecule has 17 heavy (non-hydrogen) atoms. The van der Waals surface area contributed by atoms with Gasteiger partial charge < -0.3 is 4.98 Å². The summed E-state index contributed by atoms with van der Waals surface area (Å²) in [5.74, 6) is -1.33. The molecule has 0 saturated carbocycles. The maximum absolute atomic E-state index is 13.6. The smallest absolute Gasteiger partial charge is 0.192 e. The lowest BCUT2D eigenvalue weighted by Crippen LogP contribution is -2.18. The van der Waals surface area contributed by atoms with E-state index in [4.69, 9.17) is 0 Å². The van der Waals surface area contributed by atoms with E-state index in [0.29, 0.717) is 5.69 Å². The lowest BCUT2D eigenvalue weighted by Gasteiger charge is -2.19. The minimum absolute atomic E-state index is 0.0672. The summed E-state index contributed by atoms with van der Waals surface area (Å²) in [7, 11) is 0. The number of aromatic amines is 1. The van der Waals surface area contributed by atoms with Gasteiger partial charge in [-0.1, -0.05) is 20.8 Å². The van der Waals surface area contributed by atoms with Crippen molar-refractivity contribution in [2.75, 3.05) is 0 Å². The zero-order chi connectivity index (χ0) is 12.8. The van der Waals surface area contributed by atoms with Gasteiger partial charge in [0.2, 0.25) is 0 Å². The summed E-state index contributed by atoms with van der Waals surface area (Å²) in [6.45, 7) is 5.67. The number of hydrogen-bond acceptors (Lipinski definition) is 1. The van der Waals surface area contributed by atoms with Gasteiger partial charge in [0.1, 0.15) is 11.6 Å². The third-order valence-corrected chi connectivity index (χ3v) is 2.69. The number of hydrogen-bond donors (Lipinski definition) is 1. The van der Waals surface area contributed by atoms with Gasteiger partial charge in [-0.05, 0) is 12.1 Å².